The van der Waals surface area contributed by atoms with Crippen LogP contribution in [-0.2, 0) is 10.0 Å². The Hall–Kier alpha value is -3.30. The fourth-order valence-corrected chi connectivity index (χ4v) is 6.74. The van der Waals surface area contributed by atoms with Gasteiger partial charge in [-0.05, 0) is 65.8 Å². The number of halogens is 3. The average Bonchev–Trinajstić information content (AvgIpc) is 2.91. The quantitative estimate of drug-likeness (QED) is 0.349. The molecule has 1 aliphatic carbocycles. The van der Waals surface area contributed by atoms with Gasteiger partial charge in [-0.15, -0.1) is 0 Å². The standard InChI is InChI=1S/C28H37F3N8O3S/c1-17(2)39-25-23(14-32-27(35-25)33-19-6-8-20(9-7-19)37(3)4)34-24(26(39)40)18-5-10-22(21(29)13-18)36-43(41,42)12-11-38-15-28(30,31)16-38/h5,10,13-14,17,19-20,36H,6-9,11-12,15-16H2,1-4H3,(H,32,33,35). The molecule has 2 fully saturated rings. The first kappa shape index (κ1) is 31.1. The van der Waals surface area contributed by atoms with E-state index < -0.39 is 46.2 Å². The summed E-state index contributed by atoms with van der Waals surface area (Å²) in [6.45, 7) is 2.57. The average molecular weight is 623 g/mol. The summed E-state index contributed by atoms with van der Waals surface area (Å²) < 4.78 is 69.6. The maximum absolute atomic E-state index is 15.1. The molecule has 0 atom stereocenters. The van der Waals surface area contributed by atoms with Crippen molar-refractivity contribution in [2.24, 2.45) is 0 Å². The number of sulfonamides is 1. The minimum absolute atomic E-state index is 0.0282. The van der Waals surface area contributed by atoms with Crippen LogP contribution in [0.15, 0.2) is 29.2 Å². The van der Waals surface area contributed by atoms with Gasteiger partial charge in [0, 0.05) is 30.2 Å². The molecule has 2 N–H and O–H groups in total. The fraction of sp³-hybridized carbons (Fsp3) is 0.571. The molecule has 1 aliphatic heterocycles. The molecule has 1 saturated heterocycles. The van der Waals surface area contributed by atoms with Crippen LogP contribution in [0, 0.1) is 5.82 Å². The van der Waals surface area contributed by atoms with Gasteiger partial charge < -0.3 is 10.2 Å². The predicted molar refractivity (Wildman–Crippen MR) is 160 cm³/mol. The Bertz CT molecular complexity index is 1650. The number of fused-ring (bicyclic) bond motifs is 1. The highest BCUT2D eigenvalue weighted by atomic mass is 32.2. The summed E-state index contributed by atoms with van der Waals surface area (Å²) in [5.74, 6) is -3.77. The van der Waals surface area contributed by atoms with Gasteiger partial charge in [0.2, 0.25) is 16.0 Å². The minimum atomic E-state index is -4.00. The Morgan fingerprint density at radius 3 is 2.42 bits per heavy atom. The lowest BCUT2D eigenvalue weighted by Crippen LogP contribution is -2.57. The third-order valence-electron chi connectivity index (χ3n) is 8.00. The second-order valence-corrected chi connectivity index (χ2v) is 13.8. The highest BCUT2D eigenvalue weighted by Crippen LogP contribution is 2.28. The Morgan fingerprint density at radius 2 is 1.81 bits per heavy atom. The van der Waals surface area contributed by atoms with E-state index in [4.69, 9.17) is 0 Å². The molecule has 0 amide bonds. The van der Waals surface area contributed by atoms with Crippen molar-refractivity contribution in [3.8, 4) is 11.3 Å². The van der Waals surface area contributed by atoms with Gasteiger partial charge in [0.25, 0.3) is 11.5 Å². The number of anilines is 2. The Kier molecular flexibility index (Phi) is 8.69. The van der Waals surface area contributed by atoms with Crippen LogP contribution >= 0.6 is 0 Å². The molecule has 0 unspecified atom stereocenters. The smallest absolute Gasteiger partial charge is 0.278 e. The Morgan fingerprint density at radius 1 is 1.12 bits per heavy atom. The van der Waals surface area contributed by atoms with Gasteiger partial charge in [0.15, 0.2) is 5.65 Å². The van der Waals surface area contributed by atoms with Crippen LogP contribution < -0.4 is 15.6 Å². The molecule has 1 aromatic carbocycles. The number of nitrogens with zero attached hydrogens (tertiary/aromatic N) is 6. The maximum atomic E-state index is 15.1. The first-order chi connectivity index (χ1) is 20.2. The van der Waals surface area contributed by atoms with E-state index in [9.17, 15) is 22.0 Å². The van der Waals surface area contributed by atoms with Gasteiger partial charge in [-0.3, -0.25) is 19.0 Å². The molecule has 5 rings (SSSR count). The Balaban J connectivity index is 1.35. The molecular formula is C28H37F3N8O3S. The molecule has 1 saturated carbocycles. The summed E-state index contributed by atoms with van der Waals surface area (Å²) >= 11 is 0. The molecule has 0 radical (unpaired) electrons. The lowest BCUT2D eigenvalue weighted by atomic mass is 9.91. The summed E-state index contributed by atoms with van der Waals surface area (Å²) in [4.78, 5) is 30.7. The molecule has 2 aliphatic rings. The maximum Gasteiger partial charge on any atom is 0.278 e. The molecule has 11 nitrogen and oxygen atoms in total. The summed E-state index contributed by atoms with van der Waals surface area (Å²) in [6.07, 6.45) is 5.62. The third-order valence-corrected chi connectivity index (χ3v) is 9.25. The SMILES string of the molecule is CC(C)n1c(=O)c(-c2ccc(NS(=O)(=O)CCN3CC(F)(F)C3)c(F)c2)nc2cnc(NC3CCC(N(C)C)CC3)nc21. The first-order valence-electron chi connectivity index (χ1n) is 14.3. The number of likely N-dealkylation sites (tertiary alicyclic amines) is 1. The largest absolute Gasteiger partial charge is 0.351 e. The van der Waals surface area contributed by atoms with Crippen molar-refractivity contribution in [3.63, 3.8) is 0 Å². The van der Waals surface area contributed by atoms with Crippen molar-refractivity contribution in [1.29, 1.82) is 0 Å². The number of alkyl halides is 2. The summed E-state index contributed by atoms with van der Waals surface area (Å²) in [5.41, 5.74) is 0.0444. The van der Waals surface area contributed by atoms with E-state index in [1.807, 2.05) is 13.8 Å². The van der Waals surface area contributed by atoms with Gasteiger partial charge >= 0.3 is 0 Å². The normalized spacial score (nSPS) is 20.9. The number of hydrogen-bond acceptors (Lipinski definition) is 9. The number of nitrogens with one attached hydrogen (secondary N) is 2. The van der Waals surface area contributed by atoms with E-state index in [0.29, 0.717) is 23.2 Å². The lowest BCUT2D eigenvalue weighted by Gasteiger charge is -2.38. The molecule has 0 spiro atoms. The zero-order valence-corrected chi connectivity index (χ0v) is 25.5. The highest BCUT2D eigenvalue weighted by Gasteiger charge is 2.43. The van der Waals surface area contributed by atoms with Crippen molar-refractivity contribution in [2.45, 2.75) is 63.6 Å². The van der Waals surface area contributed by atoms with Gasteiger partial charge in [0.05, 0.1) is 30.7 Å². The van der Waals surface area contributed by atoms with Crippen LogP contribution in [0.5, 0.6) is 0 Å². The number of benzene rings is 1. The van der Waals surface area contributed by atoms with E-state index in [1.165, 1.54) is 27.8 Å². The minimum Gasteiger partial charge on any atom is -0.351 e. The summed E-state index contributed by atoms with van der Waals surface area (Å²) in [7, 11) is 0.178. The van der Waals surface area contributed by atoms with Crippen LogP contribution in [0.25, 0.3) is 22.4 Å². The van der Waals surface area contributed by atoms with Gasteiger partial charge in [-0.1, -0.05) is 6.07 Å². The predicted octanol–water partition coefficient (Wildman–Crippen LogP) is 3.55. The molecule has 0 bridgehead atoms. The second kappa shape index (κ2) is 12.0. The first-order valence-corrected chi connectivity index (χ1v) is 16.0. The van der Waals surface area contributed by atoms with E-state index in [-0.39, 0.29) is 35.6 Å². The monoisotopic (exact) mass is 622 g/mol. The molecule has 234 valence electrons. The highest BCUT2D eigenvalue weighted by molar-refractivity contribution is 7.92. The van der Waals surface area contributed by atoms with Crippen LogP contribution in [0.4, 0.5) is 24.8 Å². The third kappa shape index (κ3) is 7.10. The fourth-order valence-electron chi connectivity index (χ4n) is 5.64. The molecular weight excluding hydrogens is 585 g/mol. The zero-order valence-electron chi connectivity index (χ0n) is 24.6. The summed E-state index contributed by atoms with van der Waals surface area (Å²) in [6, 6.07) is 4.13. The molecule has 43 heavy (non-hydrogen) atoms. The van der Waals surface area contributed by atoms with Crippen LogP contribution in [0.1, 0.15) is 45.6 Å². The topological polar surface area (TPSA) is 125 Å². The lowest BCUT2D eigenvalue weighted by molar-refractivity contribution is -0.128. The van der Waals surface area contributed by atoms with Crippen molar-refractivity contribution in [2.75, 3.05) is 49.5 Å². The molecule has 3 heterocycles. The molecule has 15 heteroatoms. The number of hydrogen-bond donors (Lipinski definition) is 2. The van der Waals surface area contributed by atoms with Gasteiger partial charge in [-0.2, -0.15) is 4.98 Å². The van der Waals surface area contributed by atoms with E-state index in [1.54, 1.807) is 0 Å². The molecule has 3 aromatic rings. The van der Waals surface area contributed by atoms with E-state index in [0.717, 1.165) is 31.7 Å². The van der Waals surface area contributed by atoms with Gasteiger partial charge in [-0.25, -0.2) is 31.6 Å². The van der Waals surface area contributed by atoms with Crippen molar-refractivity contribution in [1.82, 2.24) is 29.3 Å². The van der Waals surface area contributed by atoms with Crippen molar-refractivity contribution >= 4 is 32.8 Å². The van der Waals surface area contributed by atoms with E-state index in [2.05, 4.69) is 44.0 Å². The van der Waals surface area contributed by atoms with Gasteiger partial charge in [0.1, 0.15) is 17.0 Å². The number of aromatic nitrogens is 4. The second-order valence-electron chi connectivity index (χ2n) is 11.9. The van der Waals surface area contributed by atoms with Crippen LogP contribution in [0.3, 0.4) is 0 Å². The van der Waals surface area contributed by atoms with Crippen LogP contribution in [-0.4, -0.2) is 95.2 Å². The zero-order chi connectivity index (χ0) is 31.1. The number of rotatable bonds is 10. The Labute approximate surface area is 248 Å². The molecule has 2 aromatic heterocycles. The van der Waals surface area contributed by atoms with Crippen LogP contribution in [0.2, 0.25) is 0 Å². The van der Waals surface area contributed by atoms with Crippen molar-refractivity contribution < 1.29 is 21.6 Å². The van der Waals surface area contributed by atoms with Crippen molar-refractivity contribution in [3.05, 3.63) is 40.6 Å². The van der Waals surface area contributed by atoms with E-state index >= 15 is 4.39 Å². The summed E-state index contributed by atoms with van der Waals surface area (Å²) in [5, 5.41) is 3.40.